The largest absolute Gasteiger partial charge is 0.492 e. The van der Waals surface area contributed by atoms with Crippen LogP contribution in [0.2, 0.25) is 5.02 Å². The van der Waals surface area contributed by atoms with Gasteiger partial charge < -0.3 is 19.5 Å². The number of piperidine rings is 1. The zero-order valence-corrected chi connectivity index (χ0v) is 13.3. The second kappa shape index (κ2) is 7.00. The first-order valence-corrected chi connectivity index (χ1v) is 7.25. The first-order valence-electron chi connectivity index (χ1n) is 6.87. The third-order valence-corrected chi connectivity index (χ3v) is 3.97. The predicted octanol–water partition coefficient (Wildman–Crippen LogP) is 2.55. The number of carbonyl (C=O) groups is 1. The third kappa shape index (κ3) is 3.09. The van der Waals surface area contributed by atoms with Crippen LogP contribution in [-0.2, 0) is 0 Å². The molecule has 21 heavy (non-hydrogen) atoms. The fourth-order valence-electron chi connectivity index (χ4n) is 2.65. The molecule has 1 aliphatic rings. The van der Waals surface area contributed by atoms with Crippen LogP contribution < -0.4 is 19.5 Å². The summed E-state index contributed by atoms with van der Waals surface area (Å²) in [7, 11) is 4.49. The molecule has 1 aromatic rings. The zero-order chi connectivity index (χ0) is 15.4. The van der Waals surface area contributed by atoms with Crippen LogP contribution in [0.5, 0.6) is 17.2 Å². The first kappa shape index (κ1) is 15.9. The number of nitrogens with one attached hydrogen (secondary N) is 1. The zero-order valence-electron chi connectivity index (χ0n) is 12.5. The van der Waals surface area contributed by atoms with Crippen molar-refractivity contribution in [2.75, 3.05) is 34.4 Å². The van der Waals surface area contributed by atoms with Crippen LogP contribution >= 0.6 is 11.6 Å². The van der Waals surface area contributed by atoms with Gasteiger partial charge in [-0.3, -0.25) is 4.79 Å². The van der Waals surface area contributed by atoms with E-state index in [1.165, 1.54) is 21.3 Å². The van der Waals surface area contributed by atoms with E-state index in [0.29, 0.717) is 34.4 Å². The summed E-state index contributed by atoms with van der Waals surface area (Å²) < 4.78 is 15.9. The van der Waals surface area contributed by atoms with Crippen molar-refractivity contribution in [3.05, 3.63) is 16.7 Å². The lowest BCUT2D eigenvalue weighted by molar-refractivity contribution is 0.0896. The molecule has 1 aliphatic heterocycles. The van der Waals surface area contributed by atoms with Crippen LogP contribution in [0.3, 0.4) is 0 Å². The summed E-state index contributed by atoms with van der Waals surface area (Å²) >= 11 is 6.20. The smallest absolute Gasteiger partial charge is 0.205 e. The van der Waals surface area contributed by atoms with Crippen LogP contribution in [0.15, 0.2) is 6.07 Å². The van der Waals surface area contributed by atoms with Crippen LogP contribution in [-0.4, -0.2) is 40.2 Å². The van der Waals surface area contributed by atoms with E-state index in [0.717, 1.165) is 19.4 Å². The van der Waals surface area contributed by atoms with Gasteiger partial charge in [0, 0.05) is 12.5 Å². The molecule has 6 heteroatoms. The van der Waals surface area contributed by atoms with Gasteiger partial charge in [-0.1, -0.05) is 11.6 Å². The summed E-state index contributed by atoms with van der Waals surface area (Å²) in [5.41, 5.74) is 0.439. The summed E-state index contributed by atoms with van der Waals surface area (Å²) in [6, 6.07) is 1.60. The van der Waals surface area contributed by atoms with Crippen molar-refractivity contribution in [3.63, 3.8) is 0 Å². The molecule has 5 nitrogen and oxygen atoms in total. The molecule has 2 rings (SSSR count). The minimum Gasteiger partial charge on any atom is -0.492 e. The Hall–Kier alpha value is -1.46. The Bertz CT molecular complexity index is 527. The van der Waals surface area contributed by atoms with Crippen LogP contribution in [0.1, 0.15) is 23.2 Å². The van der Waals surface area contributed by atoms with E-state index in [9.17, 15) is 4.79 Å². The average Bonchev–Trinajstić information content (AvgIpc) is 2.53. The van der Waals surface area contributed by atoms with Gasteiger partial charge in [0.25, 0.3) is 0 Å². The minimum atomic E-state index is -0.0678. The van der Waals surface area contributed by atoms with Crippen molar-refractivity contribution in [2.24, 2.45) is 5.92 Å². The first-order chi connectivity index (χ1) is 10.1. The monoisotopic (exact) mass is 313 g/mol. The molecule has 1 fully saturated rings. The number of ketones is 1. The van der Waals surface area contributed by atoms with Gasteiger partial charge in [-0.05, 0) is 25.5 Å². The molecule has 1 atom stereocenters. The Kier molecular flexibility index (Phi) is 5.31. The van der Waals surface area contributed by atoms with Gasteiger partial charge >= 0.3 is 0 Å². The lowest BCUT2D eigenvalue weighted by Crippen LogP contribution is -2.34. The van der Waals surface area contributed by atoms with E-state index >= 15 is 0 Å². The van der Waals surface area contributed by atoms with Gasteiger partial charge in [0.2, 0.25) is 5.75 Å². The Morgan fingerprint density at radius 2 is 1.86 bits per heavy atom. The molecule has 0 radical (unpaired) electrons. The highest BCUT2D eigenvalue weighted by Crippen LogP contribution is 2.45. The highest BCUT2D eigenvalue weighted by molar-refractivity contribution is 6.33. The van der Waals surface area contributed by atoms with Crippen molar-refractivity contribution < 1.29 is 19.0 Å². The standard InChI is InChI=1S/C15H20ClNO4/c1-19-13-10(12(18)9-5-4-6-17-8-9)7-11(16)14(20-2)15(13)21-3/h7,9,17H,4-6,8H2,1-3H3. The number of rotatable bonds is 5. The highest BCUT2D eigenvalue weighted by Gasteiger charge is 2.29. The second-order valence-corrected chi connectivity index (χ2v) is 5.32. The Balaban J connectivity index is 2.47. The van der Waals surface area contributed by atoms with Gasteiger partial charge in [-0.25, -0.2) is 0 Å². The minimum absolute atomic E-state index is 0.0157. The molecule has 1 aromatic carbocycles. The number of halogens is 1. The number of Topliss-reactive ketones (excluding diaryl/α,β-unsaturated/α-hetero) is 1. The normalized spacial score (nSPS) is 18.2. The SMILES string of the molecule is COc1c(Cl)cc(C(=O)C2CCCNC2)c(OC)c1OC. The molecule has 1 N–H and O–H groups in total. The van der Waals surface area contributed by atoms with E-state index in [1.807, 2.05) is 0 Å². The number of ether oxygens (including phenoxy) is 3. The molecule has 0 amide bonds. The summed E-state index contributed by atoms with van der Waals surface area (Å²) in [6.45, 7) is 1.63. The number of benzene rings is 1. The molecular weight excluding hydrogens is 294 g/mol. The predicted molar refractivity (Wildman–Crippen MR) is 81.0 cm³/mol. The molecule has 116 valence electrons. The maximum absolute atomic E-state index is 12.7. The quantitative estimate of drug-likeness (QED) is 0.847. The molecule has 0 aromatic heterocycles. The van der Waals surface area contributed by atoms with Gasteiger partial charge in [0.15, 0.2) is 17.3 Å². The summed E-state index contributed by atoms with van der Waals surface area (Å²) in [6.07, 6.45) is 1.85. The molecule has 0 saturated carbocycles. The Labute approximate surface area is 129 Å². The molecule has 0 spiro atoms. The summed E-state index contributed by atoms with van der Waals surface area (Å²) in [5, 5.41) is 3.57. The van der Waals surface area contributed by atoms with Crippen molar-refractivity contribution in [1.82, 2.24) is 5.32 Å². The van der Waals surface area contributed by atoms with Crippen molar-refractivity contribution in [2.45, 2.75) is 12.8 Å². The van der Waals surface area contributed by atoms with Crippen LogP contribution in [0.4, 0.5) is 0 Å². The Morgan fingerprint density at radius 1 is 1.19 bits per heavy atom. The lowest BCUT2D eigenvalue weighted by Gasteiger charge is -2.23. The maximum Gasteiger partial charge on any atom is 0.205 e. The maximum atomic E-state index is 12.7. The fraction of sp³-hybridized carbons (Fsp3) is 0.533. The van der Waals surface area contributed by atoms with Crippen molar-refractivity contribution in [3.8, 4) is 17.2 Å². The van der Waals surface area contributed by atoms with E-state index in [-0.39, 0.29) is 11.7 Å². The van der Waals surface area contributed by atoms with Crippen molar-refractivity contribution in [1.29, 1.82) is 0 Å². The number of carbonyl (C=O) groups excluding carboxylic acids is 1. The van der Waals surface area contributed by atoms with E-state index in [4.69, 9.17) is 25.8 Å². The lowest BCUT2D eigenvalue weighted by atomic mass is 9.90. The molecule has 1 unspecified atom stereocenters. The number of methoxy groups -OCH3 is 3. The van der Waals surface area contributed by atoms with Gasteiger partial charge in [0.1, 0.15) is 0 Å². The van der Waals surface area contributed by atoms with E-state index in [2.05, 4.69) is 5.32 Å². The molecular formula is C15H20ClNO4. The third-order valence-electron chi connectivity index (χ3n) is 3.69. The second-order valence-electron chi connectivity index (χ2n) is 4.91. The van der Waals surface area contributed by atoms with Gasteiger partial charge in [-0.15, -0.1) is 0 Å². The highest BCUT2D eigenvalue weighted by atomic mass is 35.5. The fourth-order valence-corrected chi connectivity index (χ4v) is 2.92. The topological polar surface area (TPSA) is 56.8 Å². The number of hydrogen-bond acceptors (Lipinski definition) is 5. The van der Waals surface area contributed by atoms with Gasteiger partial charge in [0.05, 0.1) is 31.9 Å². The van der Waals surface area contributed by atoms with Crippen LogP contribution in [0, 0.1) is 5.92 Å². The van der Waals surface area contributed by atoms with Crippen molar-refractivity contribution >= 4 is 17.4 Å². The summed E-state index contributed by atoms with van der Waals surface area (Å²) in [5.74, 6) is 1.03. The van der Waals surface area contributed by atoms with E-state index in [1.54, 1.807) is 6.07 Å². The van der Waals surface area contributed by atoms with Gasteiger partial charge in [-0.2, -0.15) is 0 Å². The average molecular weight is 314 g/mol. The molecule has 0 bridgehead atoms. The molecule has 1 saturated heterocycles. The van der Waals surface area contributed by atoms with Crippen LogP contribution in [0.25, 0.3) is 0 Å². The molecule has 1 heterocycles. The Morgan fingerprint density at radius 3 is 2.38 bits per heavy atom. The summed E-state index contributed by atoms with van der Waals surface area (Å²) in [4.78, 5) is 12.7. The van der Waals surface area contributed by atoms with E-state index < -0.39 is 0 Å². The molecule has 0 aliphatic carbocycles. The number of hydrogen-bond donors (Lipinski definition) is 1.